The molecule has 2 aromatic carbocycles. The Bertz CT molecular complexity index is 492. The third kappa shape index (κ3) is 2.86. The van der Waals surface area contributed by atoms with Crippen molar-refractivity contribution in [1.29, 1.82) is 0 Å². The number of halogens is 2. The van der Waals surface area contributed by atoms with Crippen LogP contribution in [-0.2, 0) is 6.42 Å². The molecule has 0 heterocycles. The van der Waals surface area contributed by atoms with Gasteiger partial charge in [-0.25, -0.2) is 0 Å². The van der Waals surface area contributed by atoms with Crippen molar-refractivity contribution in [3.63, 3.8) is 0 Å². The lowest BCUT2D eigenvalue weighted by atomic mass is 10.0. The van der Waals surface area contributed by atoms with Gasteiger partial charge in [0.1, 0.15) is 5.75 Å². The topological polar surface area (TPSA) is 20.2 Å². The number of benzene rings is 2. The standard InChI is InChI=1S/C13H10Br2O/c14-11-3-1-9(2-4-11)7-10-8-12(15)5-6-13(10)16/h1-6,8,16H,7H2. The van der Waals surface area contributed by atoms with E-state index < -0.39 is 0 Å². The molecular formula is C13H10Br2O. The predicted octanol–water partition coefficient (Wildman–Crippen LogP) is 4.51. The van der Waals surface area contributed by atoms with Gasteiger partial charge in [0, 0.05) is 15.4 Å². The summed E-state index contributed by atoms with van der Waals surface area (Å²) in [5.74, 6) is 0.339. The Morgan fingerprint density at radius 1 is 0.875 bits per heavy atom. The lowest BCUT2D eigenvalue weighted by Gasteiger charge is -2.05. The van der Waals surface area contributed by atoms with Crippen molar-refractivity contribution >= 4 is 31.9 Å². The Kier molecular flexibility index (Phi) is 3.66. The fourth-order valence-electron chi connectivity index (χ4n) is 1.52. The zero-order valence-electron chi connectivity index (χ0n) is 8.45. The average Bonchev–Trinajstić information content (AvgIpc) is 2.27. The largest absolute Gasteiger partial charge is 0.508 e. The molecule has 16 heavy (non-hydrogen) atoms. The monoisotopic (exact) mass is 340 g/mol. The quantitative estimate of drug-likeness (QED) is 0.852. The van der Waals surface area contributed by atoms with Gasteiger partial charge in [-0.1, -0.05) is 44.0 Å². The number of phenols is 1. The van der Waals surface area contributed by atoms with Gasteiger partial charge in [0.05, 0.1) is 0 Å². The Balaban J connectivity index is 2.26. The van der Waals surface area contributed by atoms with E-state index in [9.17, 15) is 5.11 Å². The van der Waals surface area contributed by atoms with Crippen molar-refractivity contribution < 1.29 is 5.11 Å². The number of phenolic OH excluding ortho intramolecular Hbond substituents is 1. The molecule has 0 saturated heterocycles. The van der Waals surface area contributed by atoms with Crippen LogP contribution in [0.25, 0.3) is 0 Å². The van der Waals surface area contributed by atoms with Crippen LogP contribution in [0, 0.1) is 0 Å². The van der Waals surface area contributed by atoms with Crippen molar-refractivity contribution in [3.05, 3.63) is 62.5 Å². The molecule has 0 unspecified atom stereocenters. The minimum Gasteiger partial charge on any atom is -0.508 e. The second-order valence-electron chi connectivity index (χ2n) is 3.58. The van der Waals surface area contributed by atoms with Crippen molar-refractivity contribution in [1.82, 2.24) is 0 Å². The van der Waals surface area contributed by atoms with E-state index in [-0.39, 0.29) is 0 Å². The molecular weight excluding hydrogens is 332 g/mol. The van der Waals surface area contributed by atoms with E-state index in [0.717, 1.165) is 20.9 Å². The smallest absolute Gasteiger partial charge is 0.119 e. The van der Waals surface area contributed by atoms with Crippen LogP contribution in [0.4, 0.5) is 0 Å². The Labute approximate surface area is 111 Å². The van der Waals surface area contributed by atoms with Gasteiger partial charge in [-0.2, -0.15) is 0 Å². The number of aromatic hydroxyl groups is 1. The zero-order valence-corrected chi connectivity index (χ0v) is 11.6. The van der Waals surface area contributed by atoms with Gasteiger partial charge >= 0.3 is 0 Å². The van der Waals surface area contributed by atoms with Crippen LogP contribution in [0.3, 0.4) is 0 Å². The molecule has 0 aliphatic carbocycles. The fraction of sp³-hybridized carbons (Fsp3) is 0.0769. The summed E-state index contributed by atoms with van der Waals surface area (Å²) in [6.07, 6.45) is 0.735. The summed E-state index contributed by atoms with van der Waals surface area (Å²) in [5, 5.41) is 9.72. The lowest BCUT2D eigenvalue weighted by Crippen LogP contribution is -1.88. The van der Waals surface area contributed by atoms with Gasteiger partial charge in [-0.05, 0) is 41.5 Å². The summed E-state index contributed by atoms with van der Waals surface area (Å²) in [6.45, 7) is 0. The molecule has 0 spiro atoms. The van der Waals surface area contributed by atoms with Crippen LogP contribution < -0.4 is 0 Å². The predicted molar refractivity (Wildman–Crippen MR) is 72.8 cm³/mol. The zero-order chi connectivity index (χ0) is 11.5. The van der Waals surface area contributed by atoms with Gasteiger partial charge in [0.2, 0.25) is 0 Å². The van der Waals surface area contributed by atoms with Gasteiger partial charge in [-0.15, -0.1) is 0 Å². The summed E-state index contributed by atoms with van der Waals surface area (Å²) in [5.41, 5.74) is 2.10. The highest BCUT2D eigenvalue weighted by atomic mass is 79.9. The van der Waals surface area contributed by atoms with Gasteiger partial charge in [0.25, 0.3) is 0 Å². The van der Waals surface area contributed by atoms with Gasteiger partial charge < -0.3 is 5.11 Å². The first kappa shape index (κ1) is 11.7. The van der Waals surface area contributed by atoms with Crippen LogP contribution in [-0.4, -0.2) is 5.11 Å². The average molecular weight is 342 g/mol. The summed E-state index contributed by atoms with van der Waals surface area (Å²) in [4.78, 5) is 0. The molecule has 0 amide bonds. The Morgan fingerprint density at radius 2 is 1.50 bits per heavy atom. The fourth-order valence-corrected chi connectivity index (χ4v) is 2.19. The molecule has 1 N–H and O–H groups in total. The highest BCUT2D eigenvalue weighted by Crippen LogP contribution is 2.24. The van der Waals surface area contributed by atoms with Crippen molar-refractivity contribution in [3.8, 4) is 5.75 Å². The van der Waals surface area contributed by atoms with Crippen LogP contribution in [0.5, 0.6) is 5.75 Å². The molecule has 1 nitrogen and oxygen atoms in total. The van der Waals surface area contributed by atoms with Crippen molar-refractivity contribution in [2.24, 2.45) is 0 Å². The third-order valence-corrected chi connectivity index (χ3v) is 3.37. The molecule has 3 heteroatoms. The van der Waals surface area contributed by atoms with E-state index >= 15 is 0 Å². The van der Waals surface area contributed by atoms with Crippen LogP contribution in [0.1, 0.15) is 11.1 Å². The first-order valence-electron chi connectivity index (χ1n) is 4.87. The van der Waals surface area contributed by atoms with Gasteiger partial charge in [0.15, 0.2) is 0 Å². The van der Waals surface area contributed by atoms with E-state index in [0.29, 0.717) is 5.75 Å². The Morgan fingerprint density at radius 3 is 2.19 bits per heavy atom. The number of rotatable bonds is 2. The molecule has 0 aromatic heterocycles. The minimum atomic E-state index is 0.339. The van der Waals surface area contributed by atoms with E-state index in [1.807, 2.05) is 36.4 Å². The van der Waals surface area contributed by atoms with Crippen LogP contribution in [0.15, 0.2) is 51.4 Å². The van der Waals surface area contributed by atoms with Crippen molar-refractivity contribution in [2.45, 2.75) is 6.42 Å². The summed E-state index contributed by atoms with van der Waals surface area (Å²) in [6, 6.07) is 13.6. The van der Waals surface area contributed by atoms with E-state index in [1.54, 1.807) is 6.07 Å². The summed E-state index contributed by atoms with van der Waals surface area (Å²) < 4.78 is 2.05. The van der Waals surface area contributed by atoms with E-state index in [2.05, 4.69) is 31.9 Å². The van der Waals surface area contributed by atoms with E-state index in [4.69, 9.17) is 0 Å². The molecule has 82 valence electrons. The SMILES string of the molecule is Oc1ccc(Br)cc1Cc1ccc(Br)cc1. The molecule has 0 fully saturated rings. The first-order chi connectivity index (χ1) is 7.65. The maximum Gasteiger partial charge on any atom is 0.119 e. The molecule has 0 atom stereocenters. The maximum absolute atomic E-state index is 9.72. The molecule has 0 saturated carbocycles. The molecule has 0 bridgehead atoms. The summed E-state index contributed by atoms with van der Waals surface area (Å²) in [7, 11) is 0. The summed E-state index contributed by atoms with van der Waals surface area (Å²) >= 11 is 6.80. The van der Waals surface area contributed by atoms with Crippen LogP contribution >= 0.6 is 31.9 Å². The van der Waals surface area contributed by atoms with Crippen molar-refractivity contribution in [2.75, 3.05) is 0 Å². The maximum atomic E-state index is 9.72. The first-order valence-corrected chi connectivity index (χ1v) is 6.45. The molecule has 0 radical (unpaired) electrons. The van der Waals surface area contributed by atoms with Gasteiger partial charge in [-0.3, -0.25) is 0 Å². The normalized spacial score (nSPS) is 10.4. The molecule has 2 aromatic rings. The van der Waals surface area contributed by atoms with Crippen LogP contribution in [0.2, 0.25) is 0 Å². The molecule has 0 aliphatic rings. The second kappa shape index (κ2) is 5.02. The molecule has 2 rings (SSSR count). The second-order valence-corrected chi connectivity index (χ2v) is 5.41. The molecule has 0 aliphatic heterocycles. The lowest BCUT2D eigenvalue weighted by molar-refractivity contribution is 0.469. The highest BCUT2D eigenvalue weighted by Gasteiger charge is 2.03. The third-order valence-electron chi connectivity index (χ3n) is 2.35. The van der Waals surface area contributed by atoms with E-state index in [1.165, 1.54) is 5.56 Å². The number of hydrogen-bond acceptors (Lipinski definition) is 1. The Hall–Kier alpha value is -0.800. The minimum absolute atomic E-state index is 0.339. The highest BCUT2D eigenvalue weighted by molar-refractivity contribution is 9.10. The number of hydrogen-bond donors (Lipinski definition) is 1.